The first-order valence-corrected chi connectivity index (χ1v) is 10.5. The number of hydrogen-bond donors (Lipinski definition) is 0. The first-order valence-electron chi connectivity index (χ1n) is 10.5. The van der Waals surface area contributed by atoms with Crippen molar-refractivity contribution in [1.29, 1.82) is 0 Å². The van der Waals surface area contributed by atoms with Crippen LogP contribution in [0.4, 0.5) is 0 Å². The lowest BCUT2D eigenvalue weighted by Crippen LogP contribution is -2.40. The maximum absolute atomic E-state index is 12.7. The Morgan fingerprint density at radius 2 is 1.12 bits per heavy atom. The third-order valence-electron chi connectivity index (χ3n) is 5.12. The fraction of sp³-hybridized carbons (Fsp3) is 0.192. The highest BCUT2D eigenvalue weighted by Crippen LogP contribution is 2.24. The summed E-state index contributed by atoms with van der Waals surface area (Å²) < 4.78 is 22.3. The molecule has 0 radical (unpaired) electrons. The van der Waals surface area contributed by atoms with Crippen molar-refractivity contribution in [2.75, 3.05) is 13.2 Å². The fourth-order valence-corrected chi connectivity index (χ4v) is 3.40. The Kier molecular flexibility index (Phi) is 7.12. The maximum Gasteiger partial charge on any atom is 0.338 e. The number of carbonyl (C=O) groups excluding carboxylic acids is 3. The van der Waals surface area contributed by atoms with E-state index in [0.717, 1.165) is 0 Å². The zero-order chi connectivity index (χ0) is 23.0. The quantitative estimate of drug-likeness (QED) is 0.404. The molecule has 0 saturated carbocycles. The molecule has 168 valence electrons. The van der Waals surface area contributed by atoms with Gasteiger partial charge in [0.1, 0.15) is 12.7 Å². The van der Waals surface area contributed by atoms with Crippen LogP contribution in [0.25, 0.3) is 0 Å². The Labute approximate surface area is 190 Å². The molecule has 4 rings (SSSR count). The van der Waals surface area contributed by atoms with Crippen molar-refractivity contribution in [2.24, 2.45) is 0 Å². The van der Waals surface area contributed by atoms with Crippen LogP contribution in [0.3, 0.4) is 0 Å². The molecule has 33 heavy (non-hydrogen) atoms. The van der Waals surface area contributed by atoms with E-state index in [2.05, 4.69) is 0 Å². The van der Waals surface area contributed by atoms with Gasteiger partial charge in [0, 0.05) is 0 Å². The van der Waals surface area contributed by atoms with E-state index < -0.39 is 36.2 Å². The molecule has 0 aliphatic carbocycles. The van der Waals surface area contributed by atoms with Gasteiger partial charge in [-0.1, -0.05) is 54.6 Å². The van der Waals surface area contributed by atoms with Crippen LogP contribution in [-0.4, -0.2) is 49.4 Å². The summed E-state index contributed by atoms with van der Waals surface area (Å²) in [6, 6.07) is 25.5. The summed E-state index contributed by atoms with van der Waals surface area (Å²) in [7, 11) is 0. The smallest absolute Gasteiger partial charge is 0.338 e. The van der Waals surface area contributed by atoms with E-state index in [1.165, 1.54) is 0 Å². The molecule has 7 heteroatoms. The summed E-state index contributed by atoms with van der Waals surface area (Å²) in [5.41, 5.74) is 1.10. The predicted molar refractivity (Wildman–Crippen MR) is 118 cm³/mol. The molecule has 0 spiro atoms. The van der Waals surface area contributed by atoms with Gasteiger partial charge < -0.3 is 18.9 Å². The number of carbonyl (C=O) groups is 3. The van der Waals surface area contributed by atoms with E-state index in [1.54, 1.807) is 91.0 Å². The number of esters is 3. The van der Waals surface area contributed by atoms with Gasteiger partial charge >= 0.3 is 17.9 Å². The first kappa shape index (κ1) is 22.2. The van der Waals surface area contributed by atoms with Crippen molar-refractivity contribution in [3.8, 4) is 0 Å². The average Bonchev–Trinajstić information content (AvgIpc) is 3.24. The van der Waals surface area contributed by atoms with Gasteiger partial charge in [0.25, 0.3) is 0 Å². The number of hydrogen-bond acceptors (Lipinski definition) is 7. The van der Waals surface area contributed by atoms with Crippen LogP contribution < -0.4 is 0 Å². The highest BCUT2D eigenvalue weighted by Gasteiger charge is 2.44. The molecule has 0 unspecified atom stereocenters. The van der Waals surface area contributed by atoms with Gasteiger partial charge in [0.15, 0.2) is 12.2 Å². The van der Waals surface area contributed by atoms with Gasteiger partial charge in [-0.2, -0.15) is 0 Å². The Morgan fingerprint density at radius 1 is 0.667 bits per heavy atom. The number of ether oxygens (including phenoxy) is 4. The first-order chi connectivity index (χ1) is 16.1. The van der Waals surface area contributed by atoms with E-state index >= 15 is 0 Å². The lowest BCUT2D eigenvalue weighted by atomic mass is 10.1. The molecule has 1 heterocycles. The normalized spacial score (nSPS) is 19.5. The summed E-state index contributed by atoms with van der Waals surface area (Å²) in [5.74, 6) is -1.68. The molecule has 1 aliphatic rings. The van der Waals surface area contributed by atoms with Crippen LogP contribution >= 0.6 is 0 Å². The number of benzene rings is 3. The molecule has 1 aliphatic heterocycles. The van der Waals surface area contributed by atoms with E-state index in [-0.39, 0.29) is 13.2 Å². The lowest BCUT2D eigenvalue weighted by molar-refractivity contribution is -0.0433. The molecular weight excluding hydrogens is 424 g/mol. The molecule has 1 fully saturated rings. The second kappa shape index (κ2) is 10.6. The zero-order valence-corrected chi connectivity index (χ0v) is 17.7. The minimum Gasteiger partial charge on any atom is -0.459 e. The molecule has 0 amide bonds. The molecule has 3 atom stereocenters. The van der Waals surface area contributed by atoms with Gasteiger partial charge in [-0.25, -0.2) is 14.4 Å². The highest BCUT2D eigenvalue weighted by atomic mass is 16.6. The third-order valence-corrected chi connectivity index (χ3v) is 5.12. The zero-order valence-electron chi connectivity index (χ0n) is 17.7. The molecule has 1 saturated heterocycles. The van der Waals surface area contributed by atoms with Crippen LogP contribution in [0.5, 0.6) is 0 Å². The van der Waals surface area contributed by atoms with Crippen LogP contribution in [0.15, 0.2) is 91.0 Å². The molecule has 0 aromatic heterocycles. The Morgan fingerprint density at radius 3 is 1.64 bits per heavy atom. The van der Waals surface area contributed by atoms with Gasteiger partial charge in [-0.3, -0.25) is 0 Å². The third kappa shape index (κ3) is 5.64. The SMILES string of the molecule is O=C(OC[C@@H]1OC[C@@H](OC(=O)c2ccccc2)[C@H]1OC(=O)c1ccccc1)c1ccccc1. The van der Waals surface area contributed by atoms with Crippen LogP contribution in [0.1, 0.15) is 31.1 Å². The minimum absolute atomic E-state index is 0.00113. The number of rotatable bonds is 7. The van der Waals surface area contributed by atoms with Crippen molar-refractivity contribution in [2.45, 2.75) is 18.3 Å². The summed E-state index contributed by atoms with van der Waals surface area (Å²) in [6.07, 6.45) is -2.60. The molecule has 0 N–H and O–H groups in total. The molecular formula is C26H22O7. The second-order valence-electron chi connectivity index (χ2n) is 7.38. The standard InChI is InChI=1S/C26H22O7/c27-24(18-10-4-1-5-11-18)31-16-21-23(33-26(29)20-14-8-3-9-15-20)22(17-30-21)32-25(28)19-12-6-2-7-13-19/h1-15,21-23H,16-17H2/t21-,22+,23-/m0/s1. The molecule has 7 nitrogen and oxygen atoms in total. The monoisotopic (exact) mass is 446 g/mol. The highest BCUT2D eigenvalue weighted by molar-refractivity contribution is 5.90. The van der Waals surface area contributed by atoms with Gasteiger partial charge in [-0.15, -0.1) is 0 Å². The van der Waals surface area contributed by atoms with Crippen LogP contribution in [0.2, 0.25) is 0 Å². The topological polar surface area (TPSA) is 88.1 Å². The van der Waals surface area contributed by atoms with Gasteiger partial charge in [0.2, 0.25) is 0 Å². The largest absolute Gasteiger partial charge is 0.459 e. The lowest BCUT2D eigenvalue weighted by Gasteiger charge is -2.23. The average molecular weight is 446 g/mol. The fourth-order valence-electron chi connectivity index (χ4n) is 3.40. The van der Waals surface area contributed by atoms with Crippen molar-refractivity contribution in [1.82, 2.24) is 0 Å². The molecule has 3 aromatic rings. The van der Waals surface area contributed by atoms with Crippen LogP contribution in [-0.2, 0) is 18.9 Å². The maximum atomic E-state index is 12.7. The van der Waals surface area contributed by atoms with Crippen LogP contribution in [0, 0.1) is 0 Å². The van der Waals surface area contributed by atoms with Crippen molar-refractivity contribution in [3.05, 3.63) is 108 Å². The summed E-state index contributed by atoms with van der Waals surface area (Å²) in [4.78, 5) is 37.6. The van der Waals surface area contributed by atoms with Gasteiger partial charge in [-0.05, 0) is 36.4 Å². The Hall–Kier alpha value is -3.97. The van der Waals surface area contributed by atoms with E-state index in [9.17, 15) is 14.4 Å². The minimum atomic E-state index is -0.950. The van der Waals surface area contributed by atoms with E-state index in [1.807, 2.05) is 0 Å². The molecule has 0 bridgehead atoms. The van der Waals surface area contributed by atoms with Crippen molar-refractivity contribution in [3.63, 3.8) is 0 Å². The summed E-state index contributed by atoms with van der Waals surface area (Å²) in [6.45, 7) is -0.168. The summed E-state index contributed by atoms with van der Waals surface area (Å²) >= 11 is 0. The van der Waals surface area contributed by atoms with E-state index in [4.69, 9.17) is 18.9 Å². The second-order valence-corrected chi connectivity index (χ2v) is 7.38. The molecule has 3 aromatic carbocycles. The Balaban J connectivity index is 1.46. The van der Waals surface area contributed by atoms with Crippen molar-refractivity contribution < 1.29 is 33.3 Å². The van der Waals surface area contributed by atoms with E-state index in [0.29, 0.717) is 16.7 Å². The summed E-state index contributed by atoms with van der Waals surface area (Å²) in [5, 5.41) is 0. The predicted octanol–water partition coefficient (Wildman–Crippen LogP) is 3.69. The Bertz CT molecular complexity index is 1080. The van der Waals surface area contributed by atoms with Gasteiger partial charge in [0.05, 0.1) is 23.3 Å². The van der Waals surface area contributed by atoms with Crippen molar-refractivity contribution >= 4 is 17.9 Å².